The highest BCUT2D eigenvalue weighted by molar-refractivity contribution is 6.03. The molecule has 0 radical (unpaired) electrons. The van der Waals surface area contributed by atoms with Gasteiger partial charge in [0, 0.05) is 56.1 Å². The van der Waals surface area contributed by atoms with E-state index in [9.17, 15) is 19.8 Å². The normalized spacial score (nSPS) is 26.9. The molecule has 1 saturated heterocycles. The van der Waals surface area contributed by atoms with Crippen LogP contribution in [0.4, 0.5) is 10.5 Å². The average molecular weight is 860 g/mol. The number of anilines is 1. The molecule has 14 heteroatoms. The number of nitrogens with zero attached hydrogens (tertiary/aromatic N) is 2. The lowest BCUT2D eigenvalue weighted by Gasteiger charge is -2.60. The highest BCUT2D eigenvalue weighted by Gasteiger charge is 2.66. The number of benzene rings is 2. The van der Waals surface area contributed by atoms with Crippen molar-refractivity contribution in [3.05, 3.63) is 66.3 Å². The lowest BCUT2D eigenvalue weighted by molar-refractivity contribution is -0.258. The van der Waals surface area contributed by atoms with Crippen LogP contribution in [0, 0.1) is 23.7 Å². The van der Waals surface area contributed by atoms with Crippen LogP contribution in [-0.4, -0.2) is 98.1 Å². The van der Waals surface area contributed by atoms with E-state index < -0.39 is 30.1 Å². The number of aliphatic hydroxyl groups excluding tert-OH is 2. The zero-order chi connectivity index (χ0) is 43.6. The first-order valence-electron chi connectivity index (χ1n) is 22.7. The van der Waals surface area contributed by atoms with E-state index in [4.69, 9.17) is 38.4 Å². The average Bonchev–Trinajstić information content (AvgIpc) is 4.15. The van der Waals surface area contributed by atoms with E-state index in [1.165, 1.54) is 7.11 Å². The van der Waals surface area contributed by atoms with Crippen molar-refractivity contribution in [1.29, 1.82) is 0 Å². The van der Waals surface area contributed by atoms with E-state index in [1.54, 1.807) is 37.5 Å². The maximum atomic E-state index is 14.5. The van der Waals surface area contributed by atoms with Crippen LogP contribution >= 0.6 is 0 Å². The summed E-state index contributed by atoms with van der Waals surface area (Å²) in [5, 5.41) is 27.6. The van der Waals surface area contributed by atoms with Gasteiger partial charge in [-0.25, -0.2) is 4.79 Å². The fourth-order valence-electron chi connectivity index (χ4n) is 10.00. The van der Waals surface area contributed by atoms with E-state index >= 15 is 0 Å². The van der Waals surface area contributed by atoms with E-state index in [1.807, 2.05) is 17.0 Å². The standard InChI is InChI=1S/C48H65N3O11/c1-5-22-51(46(54)31-16-17-31)42-30-39(50-62-43-15-9-12-26-58-43)36-27-32(13-7-10-23-52)35(14-8-11-24-53)44-37-28-34(19-21-40(37)61-48(42,45(36)44)59-25-6-2)60-47(55)49-38-20-18-33(56-3)29-41(38)57-4/h6,18-21,27-29,31-32,35,42-45,52-53H,2,5,7-17,22-26,30H2,1,3-4H3,(H,49,55). The van der Waals surface area contributed by atoms with Crippen LogP contribution in [0.3, 0.4) is 0 Å². The Hall–Kier alpha value is -4.63. The van der Waals surface area contributed by atoms with Crippen LogP contribution in [0.15, 0.2) is 65.9 Å². The molecule has 2 aromatic rings. The van der Waals surface area contributed by atoms with Gasteiger partial charge in [0.15, 0.2) is 0 Å². The Morgan fingerprint density at radius 2 is 1.79 bits per heavy atom. The van der Waals surface area contributed by atoms with E-state index in [2.05, 4.69) is 24.9 Å². The van der Waals surface area contributed by atoms with Gasteiger partial charge < -0.3 is 48.4 Å². The second-order valence-electron chi connectivity index (χ2n) is 17.1. The second kappa shape index (κ2) is 21.2. The summed E-state index contributed by atoms with van der Waals surface area (Å²) in [6.45, 7) is 7.56. The SMILES string of the molecule is C=CCOC12Oc3ccc(OC(=O)Nc4ccc(OC)cc4OC)cc3C3C(CCCCO)C(CCCCO)C=C(C(=NOC4CCCCO4)CC1N(CCC)C(=O)C1CC1)C32. The number of ether oxygens (including phenoxy) is 6. The molecule has 7 rings (SSSR count). The zero-order valence-electron chi connectivity index (χ0n) is 36.6. The van der Waals surface area contributed by atoms with Crippen LogP contribution in [0.2, 0.25) is 0 Å². The van der Waals surface area contributed by atoms with Crippen molar-refractivity contribution in [2.45, 2.75) is 114 Å². The number of carbonyl (C=O) groups is 2. The number of fused-ring (bicyclic) bond motifs is 2. The summed E-state index contributed by atoms with van der Waals surface area (Å²) in [5.74, 6) is -0.119. The molecule has 0 aromatic heterocycles. The Balaban J connectivity index is 1.37. The van der Waals surface area contributed by atoms with Gasteiger partial charge in [-0.05, 0) is 106 Å². The Labute approximate surface area is 365 Å². The number of allylic oxidation sites excluding steroid dienone is 1. The van der Waals surface area contributed by atoms with Gasteiger partial charge in [0.2, 0.25) is 18.0 Å². The molecular weight excluding hydrogens is 795 g/mol. The fourth-order valence-corrected chi connectivity index (χ4v) is 10.00. The predicted octanol–water partition coefficient (Wildman–Crippen LogP) is 8.12. The first kappa shape index (κ1) is 45.4. The highest BCUT2D eigenvalue weighted by Crippen LogP contribution is 2.62. The summed E-state index contributed by atoms with van der Waals surface area (Å²) in [6.07, 6.45) is 12.8. The van der Waals surface area contributed by atoms with Crippen molar-refractivity contribution in [2.24, 2.45) is 28.8 Å². The molecule has 0 spiro atoms. The van der Waals surface area contributed by atoms with E-state index in [0.29, 0.717) is 61.1 Å². The number of aliphatic hydroxyl groups is 2. The number of unbranched alkanes of at least 4 members (excludes halogenated alkanes) is 2. The maximum absolute atomic E-state index is 14.5. The quantitative estimate of drug-likeness (QED) is 0.0630. The fraction of sp³-hybridized carbons (Fsp3) is 0.604. The number of nitrogens with one attached hydrogen (secondary N) is 1. The van der Waals surface area contributed by atoms with Gasteiger partial charge in [-0.1, -0.05) is 37.1 Å². The molecule has 3 fully saturated rings. The number of methoxy groups -OCH3 is 2. The molecule has 14 nitrogen and oxygen atoms in total. The number of hydrogen-bond donors (Lipinski definition) is 3. The minimum Gasteiger partial charge on any atom is -0.497 e. The van der Waals surface area contributed by atoms with Crippen LogP contribution in [-0.2, 0) is 19.1 Å². The molecule has 338 valence electrons. The van der Waals surface area contributed by atoms with Gasteiger partial charge in [0.05, 0.1) is 44.8 Å². The largest absolute Gasteiger partial charge is 0.497 e. The third-order valence-electron chi connectivity index (χ3n) is 13.0. The Morgan fingerprint density at radius 3 is 2.48 bits per heavy atom. The summed E-state index contributed by atoms with van der Waals surface area (Å²) in [6, 6.07) is 9.95. The molecule has 2 amide bonds. The van der Waals surface area contributed by atoms with Crippen LogP contribution < -0.4 is 24.3 Å². The molecule has 62 heavy (non-hydrogen) atoms. The topological polar surface area (TPSA) is 167 Å². The molecule has 2 aliphatic heterocycles. The monoisotopic (exact) mass is 859 g/mol. The molecule has 2 saturated carbocycles. The van der Waals surface area contributed by atoms with Crippen LogP contribution in [0.5, 0.6) is 23.0 Å². The third kappa shape index (κ3) is 9.93. The van der Waals surface area contributed by atoms with Gasteiger partial charge in [0.1, 0.15) is 29.0 Å². The summed E-state index contributed by atoms with van der Waals surface area (Å²) >= 11 is 0. The number of rotatable bonds is 21. The molecule has 3 aliphatic carbocycles. The van der Waals surface area contributed by atoms with Crippen molar-refractivity contribution >= 4 is 23.4 Å². The molecule has 3 N–H and O–H groups in total. The van der Waals surface area contributed by atoms with E-state index in [0.717, 1.165) is 81.1 Å². The van der Waals surface area contributed by atoms with E-state index in [-0.39, 0.29) is 49.4 Å². The molecule has 2 heterocycles. The van der Waals surface area contributed by atoms with Crippen molar-refractivity contribution in [1.82, 2.24) is 4.90 Å². The number of hydrogen-bond acceptors (Lipinski definition) is 12. The first-order chi connectivity index (χ1) is 30.3. The molecule has 7 atom stereocenters. The van der Waals surface area contributed by atoms with Crippen molar-refractivity contribution in [3.63, 3.8) is 0 Å². The molecule has 0 bridgehead atoms. The Kier molecular flexibility index (Phi) is 15.5. The van der Waals surface area contributed by atoms with Gasteiger partial charge >= 0.3 is 6.09 Å². The third-order valence-corrected chi connectivity index (χ3v) is 13.0. The zero-order valence-corrected chi connectivity index (χ0v) is 36.6. The maximum Gasteiger partial charge on any atom is 0.417 e. The highest BCUT2D eigenvalue weighted by atomic mass is 16.8. The number of oxime groups is 1. The van der Waals surface area contributed by atoms with Gasteiger partial charge in [0.25, 0.3) is 0 Å². The number of amides is 2. The second-order valence-corrected chi connectivity index (χ2v) is 17.1. The van der Waals surface area contributed by atoms with Crippen molar-refractivity contribution in [2.75, 3.05) is 52.5 Å². The van der Waals surface area contributed by atoms with Gasteiger partial charge in [-0.3, -0.25) is 10.1 Å². The van der Waals surface area contributed by atoms with Gasteiger partial charge in [-0.2, -0.15) is 0 Å². The Morgan fingerprint density at radius 1 is 1.00 bits per heavy atom. The molecule has 2 aromatic carbocycles. The van der Waals surface area contributed by atoms with Gasteiger partial charge in [-0.15, -0.1) is 6.58 Å². The van der Waals surface area contributed by atoms with Crippen LogP contribution in [0.1, 0.15) is 102 Å². The van der Waals surface area contributed by atoms with Crippen molar-refractivity contribution in [3.8, 4) is 23.0 Å². The minimum absolute atomic E-state index is 0.0114. The summed E-state index contributed by atoms with van der Waals surface area (Å²) < 4.78 is 37.2. The molecular formula is C48H65N3O11. The molecule has 7 unspecified atom stereocenters. The summed E-state index contributed by atoms with van der Waals surface area (Å²) in [7, 11) is 3.07. The molecule has 5 aliphatic rings. The lowest BCUT2D eigenvalue weighted by Crippen LogP contribution is -2.70. The predicted molar refractivity (Wildman–Crippen MR) is 234 cm³/mol. The number of carbonyl (C=O) groups excluding carboxylic acids is 2. The van der Waals surface area contributed by atoms with Crippen LogP contribution in [0.25, 0.3) is 0 Å². The Bertz CT molecular complexity index is 1930. The van der Waals surface area contributed by atoms with Crippen molar-refractivity contribution < 1.29 is 53.1 Å². The minimum atomic E-state index is -1.35. The summed E-state index contributed by atoms with van der Waals surface area (Å²) in [5.41, 5.74) is 2.93. The first-order valence-corrected chi connectivity index (χ1v) is 22.7. The summed E-state index contributed by atoms with van der Waals surface area (Å²) in [4.78, 5) is 36.2. The smallest absolute Gasteiger partial charge is 0.417 e. The lowest BCUT2D eigenvalue weighted by atomic mass is 9.55.